The van der Waals surface area contributed by atoms with Gasteiger partial charge < -0.3 is 19.7 Å². The molecule has 7 nitrogen and oxygen atoms in total. The van der Waals surface area contributed by atoms with Gasteiger partial charge in [0.2, 0.25) is 5.91 Å². The number of ether oxygens (including phenoxy) is 2. The fraction of sp³-hybridized carbons (Fsp3) is 0.357. The molecule has 0 saturated carbocycles. The number of alkyl carbamates (subject to hydrolysis) is 1. The van der Waals surface area contributed by atoms with Gasteiger partial charge in [-0.25, -0.2) is 9.59 Å². The molecule has 0 fully saturated rings. The molecule has 0 aliphatic heterocycles. The van der Waals surface area contributed by atoms with E-state index in [1.54, 1.807) is 0 Å². The standard InChI is InChI=1S/C14H17ClN2O5/c1-9(18)17(7-6-16-14(20)22-3)12-8-10(13(19)21-2)4-5-11(12)15/h4-5,8H,6-7H2,1-3H3,(H,16,20). The number of esters is 1. The van der Waals surface area contributed by atoms with Crippen LogP contribution in [-0.4, -0.2) is 45.3 Å². The first kappa shape index (κ1) is 17.8. The molecule has 0 unspecified atom stereocenters. The fourth-order valence-electron chi connectivity index (χ4n) is 1.75. The van der Waals surface area contributed by atoms with Crippen LogP contribution in [0.4, 0.5) is 10.5 Å². The van der Waals surface area contributed by atoms with Crippen molar-refractivity contribution in [2.75, 3.05) is 32.2 Å². The Morgan fingerprint density at radius 1 is 1.23 bits per heavy atom. The third-order valence-corrected chi connectivity index (χ3v) is 3.15. The second kappa shape index (κ2) is 8.23. The Morgan fingerprint density at radius 3 is 2.45 bits per heavy atom. The summed E-state index contributed by atoms with van der Waals surface area (Å²) < 4.78 is 9.09. The zero-order valence-electron chi connectivity index (χ0n) is 12.5. The van der Waals surface area contributed by atoms with Crippen molar-refractivity contribution in [1.82, 2.24) is 5.32 Å². The van der Waals surface area contributed by atoms with Gasteiger partial charge in [-0.05, 0) is 18.2 Å². The molecule has 1 rings (SSSR count). The maximum absolute atomic E-state index is 11.8. The van der Waals surface area contributed by atoms with E-state index in [2.05, 4.69) is 14.8 Å². The van der Waals surface area contributed by atoms with E-state index in [0.29, 0.717) is 10.7 Å². The average molecular weight is 329 g/mol. The molecule has 0 atom stereocenters. The predicted molar refractivity (Wildman–Crippen MR) is 81.2 cm³/mol. The second-order valence-corrected chi connectivity index (χ2v) is 4.65. The fourth-order valence-corrected chi connectivity index (χ4v) is 1.97. The van der Waals surface area contributed by atoms with Gasteiger partial charge in [-0.15, -0.1) is 0 Å². The predicted octanol–water partition coefficient (Wildman–Crippen LogP) is 1.84. The molecule has 2 amide bonds. The van der Waals surface area contributed by atoms with Crippen LogP contribution in [0.3, 0.4) is 0 Å². The van der Waals surface area contributed by atoms with E-state index in [0.717, 1.165) is 0 Å². The number of amides is 2. The zero-order chi connectivity index (χ0) is 16.7. The first-order valence-electron chi connectivity index (χ1n) is 6.38. The summed E-state index contributed by atoms with van der Waals surface area (Å²) in [5.74, 6) is -0.815. The number of nitrogens with zero attached hydrogens (tertiary/aromatic N) is 1. The van der Waals surface area contributed by atoms with Crippen molar-refractivity contribution < 1.29 is 23.9 Å². The summed E-state index contributed by atoms with van der Waals surface area (Å²) in [6.07, 6.45) is -0.599. The van der Waals surface area contributed by atoms with E-state index >= 15 is 0 Å². The molecule has 0 spiro atoms. The summed E-state index contributed by atoms with van der Waals surface area (Å²) in [7, 11) is 2.51. The van der Waals surface area contributed by atoms with Crippen LogP contribution in [0.5, 0.6) is 0 Å². The minimum atomic E-state index is -0.599. The maximum Gasteiger partial charge on any atom is 0.406 e. The van der Waals surface area contributed by atoms with Crippen molar-refractivity contribution in [3.05, 3.63) is 28.8 Å². The molecule has 0 saturated heterocycles. The van der Waals surface area contributed by atoms with E-state index in [-0.39, 0.29) is 24.6 Å². The topological polar surface area (TPSA) is 84.9 Å². The molecule has 0 heterocycles. The van der Waals surface area contributed by atoms with Gasteiger partial charge in [0.25, 0.3) is 0 Å². The summed E-state index contributed by atoms with van der Waals surface area (Å²) in [5, 5.41) is 2.77. The number of hydrogen-bond acceptors (Lipinski definition) is 5. The Balaban J connectivity index is 2.97. The van der Waals surface area contributed by atoms with Gasteiger partial charge in [0.05, 0.1) is 30.5 Å². The average Bonchev–Trinajstić information content (AvgIpc) is 2.51. The van der Waals surface area contributed by atoms with Crippen LogP contribution in [0.25, 0.3) is 0 Å². The third kappa shape index (κ3) is 4.63. The van der Waals surface area contributed by atoms with E-state index in [4.69, 9.17) is 11.6 Å². The molecule has 22 heavy (non-hydrogen) atoms. The number of nitrogens with one attached hydrogen (secondary N) is 1. The van der Waals surface area contributed by atoms with Gasteiger partial charge in [0.15, 0.2) is 0 Å². The molecule has 8 heteroatoms. The lowest BCUT2D eigenvalue weighted by molar-refractivity contribution is -0.116. The molecule has 1 N–H and O–H groups in total. The molecule has 0 radical (unpaired) electrons. The summed E-state index contributed by atoms with van der Waals surface area (Å²) in [6.45, 7) is 1.71. The minimum Gasteiger partial charge on any atom is -0.465 e. The smallest absolute Gasteiger partial charge is 0.406 e. The molecule has 1 aromatic rings. The number of methoxy groups -OCH3 is 2. The Morgan fingerprint density at radius 2 is 1.91 bits per heavy atom. The number of hydrogen-bond donors (Lipinski definition) is 1. The van der Waals surface area contributed by atoms with Gasteiger partial charge >= 0.3 is 12.1 Å². The number of carbonyl (C=O) groups excluding carboxylic acids is 3. The van der Waals surface area contributed by atoms with Crippen LogP contribution in [0, 0.1) is 0 Å². The van der Waals surface area contributed by atoms with Crippen LogP contribution in [0.2, 0.25) is 5.02 Å². The highest BCUT2D eigenvalue weighted by Gasteiger charge is 2.17. The normalized spacial score (nSPS) is 9.82. The lowest BCUT2D eigenvalue weighted by Gasteiger charge is -2.23. The highest BCUT2D eigenvalue weighted by molar-refractivity contribution is 6.34. The molecule has 0 aliphatic rings. The van der Waals surface area contributed by atoms with Crippen molar-refractivity contribution in [1.29, 1.82) is 0 Å². The van der Waals surface area contributed by atoms with Gasteiger partial charge in [-0.2, -0.15) is 0 Å². The number of carbonyl (C=O) groups is 3. The first-order valence-corrected chi connectivity index (χ1v) is 6.76. The largest absolute Gasteiger partial charge is 0.465 e. The molecular weight excluding hydrogens is 312 g/mol. The van der Waals surface area contributed by atoms with Crippen LogP contribution >= 0.6 is 11.6 Å². The molecular formula is C14H17ClN2O5. The van der Waals surface area contributed by atoms with Crippen molar-refractivity contribution in [3.8, 4) is 0 Å². The van der Waals surface area contributed by atoms with Gasteiger partial charge in [0, 0.05) is 20.0 Å². The Labute approximate surface area is 133 Å². The second-order valence-electron chi connectivity index (χ2n) is 4.25. The maximum atomic E-state index is 11.8. The Bertz CT molecular complexity index is 576. The van der Waals surface area contributed by atoms with E-state index in [1.807, 2.05) is 0 Å². The van der Waals surface area contributed by atoms with Gasteiger partial charge in [-0.1, -0.05) is 11.6 Å². The van der Waals surface area contributed by atoms with Crippen molar-refractivity contribution in [2.45, 2.75) is 6.92 Å². The summed E-state index contributed by atoms with van der Waals surface area (Å²) in [4.78, 5) is 35.7. The quantitative estimate of drug-likeness (QED) is 0.834. The summed E-state index contributed by atoms with van der Waals surface area (Å²) >= 11 is 6.09. The van der Waals surface area contributed by atoms with E-state index in [1.165, 1.54) is 44.2 Å². The lowest BCUT2D eigenvalue weighted by atomic mass is 10.2. The zero-order valence-corrected chi connectivity index (χ0v) is 13.3. The molecule has 0 aromatic heterocycles. The number of rotatable bonds is 5. The van der Waals surface area contributed by atoms with Crippen molar-refractivity contribution in [2.24, 2.45) is 0 Å². The summed E-state index contributed by atoms with van der Waals surface area (Å²) in [6, 6.07) is 4.48. The molecule has 0 aliphatic carbocycles. The Hall–Kier alpha value is -2.28. The minimum absolute atomic E-state index is 0.172. The number of benzene rings is 1. The van der Waals surface area contributed by atoms with Crippen LogP contribution in [0.1, 0.15) is 17.3 Å². The van der Waals surface area contributed by atoms with Crippen LogP contribution in [-0.2, 0) is 14.3 Å². The highest BCUT2D eigenvalue weighted by atomic mass is 35.5. The molecule has 1 aromatic carbocycles. The SMILES string of the molecule is COC(=O)NCCN(C(C)=O)c1cc(C(=O)OC)ccc1Cl. The van der Waals surface area contributed by atoms with Crippen LogP contribution < -0.4 is 10.2 Å². The summed E-state index contributed by atoms with van der Waals surface area (Å²) in [5.41, 5.74) is 0.637. The number of anilines is 1. The van der Waals surface area contributed by atoms with E-state index < -0.39 is 12.1 Å². The van der Waals surface area contributed by atoms with Gasteiger partial charge in [0.1, 0.15) is 0 Å². The van der Waals surface area contributed by atoms with Crippen LogP contribution in [0.15, 0.2) is 18.2 Å². The van der Waals surface area contributed by atoms with Crippen molar-refractivity contribution >= 4 is 35.3 Å². The van der Waals surface area contributed by atoms with E-state index in [9.17, 15) is 14.4 Å². The lowest BCUT2D eigenvalue weighted by Crippen LogP contribution is -2.37. The number of halogens is 1. The van der Waals surface area contributed by atoms with Gasteiger partial charge in [-0.3, -0.25) is 4.79 Å². The Kier molecular flexibility index (Phi) is 6.65. The molecule has 120 valence electrons. The molecule has 0 bridgehead atoms. The van der Waals surface area contributed by atoms with Crippen molar-refractivity contribution in [3.63, 3.8) is 0 Å². The highest BCUT2D eigenvalue weighted by Crippen LogP contribution is 2.27. The monoisotopic (exact) mass is 328 g/mol. The third-order valence-electron chi connectivity index (χ3n) is 2.83. The first-order chi connectivity index (χ1) is 10.4.